The van der Waals surface area contributed by atoms with Crippen LogP contribution < -0.4 is 5.32 Å². The number of nitrogens with one attached hydrogen (secondary N) is 1. The molecule has 0 aromatic heterocycles. The quantitative estimate of drug-likeness (QED) is 0.0261. The van der Waals surface area contributed by atoms with E-state index in [1.54, 1.807) is 6.08 Å². The molecule has 9 heteroatoms. The molecular formula is C60H117NO8. The third kappa shape index (κ3) is 40.1. The van der Waals surface area contributed by atoms with Gasteiger partial charge in [0, 0.05) is 6.42 Å². The van der Waals surface area contributed by atoms with Gasteiger partial charge in [0.15, 0.2) is 6.29 Å². The molecule has 1 aliphatic rings. The predicted molar refractivity (Wildman–Crippen MR) is 291 cm³/mol. The van der Waals surface area contributed by atoms with E-state index in [1.807, 2.05) is 6.08 Å². The molecule has 0 aromatic rings. The van der Waals surface area contributed by atoms with Gasteiger partial charge in [-0.05, 0) is 19.3 Å². The van der Waals surface area contributed by atoms with Gasteiger partial charge in [0.05, 0.1) is 25.4 Å². The maximum Gasteiger partial charge on any atom is 0.220 e. The van der Waals surface area contributed by atoms with Crippen LogP contribution in [0.1, 0.15) is 309 Å². The molecule has 410 valence electrons. The summed E-state index contributed by atoms with van der Waals surface area (Å²) in [6, 6.07) is -0.801. The van der Waals surface area contributed by atoms with Crippen LogP contribution in [-0.2, 0) is 14.3 Å². The molecule has 7 atom stereocenters. The van der Waals surface area contributed by atoms with E-state index in [9.17, 15) is 30.3 Å². The van der Waals surface area contributed by atoms with Crippen LogP contribution in [0.15, 0.2) is 12.2 Å². The van der Waals surface area contributed by atoms with Crippen molar-refractivity contribution >= 4 is 5.91 Å². The lowest BCUT2D eigenvalue weighted by Gasteiger charge is -2.40. The number of aliphatic hydroxyl groups excluding tert-OH is 5. The van der Waals surface area contributed by atoms with Crippen LogP contribution in [0.2, 0.25) is 0 Å². The van der Waals surface area contributed by atoms with E-state index in [0.29, 0.717) is 6.42 Å². The van der Waals surface area contributed by atoms with Gasteiger partial charge in [-0.2, -0.15) is 0 Å². The van der Waals surface area contributed by atoms with E-state index >= 15 is 0 Å². The molecule has 0 saturated carbocycles. The van der Waals surface area contributed by atoms with Crippen molar-refractivity contribution in [3.63, 3.8) is 0 Å². The molecule has 1 fully saturated rings. The number of allylic oxidation sites excluding steroid dienone is 1. The fourth-order valence-electron chi connectivity index (χ4n) is 10.0. The van der Waals surface area contributed by atoms with E-state index in [4.69, 9.17) is 9.47 Å². The molecule has 1 heterocycles. The third-order valence-corrected chi connectivity index (χ3v) is 14.9. The highest BCUT2D eigenvalue weighted by molar-refractivity contribution is 5.76. The molecule has 1 amide bonds. The van der Waals surface area contributed by atoms with Gasteiger partial charge in [-0.3, -0.25) is 4.79 Å². The minimum atomic E-state index is -1.56. The van der Waals surface area contributed by atoms with E-state index in [1.165, 1.54) is 250 Å². The Morgan fingerprint density at radius 3 is 1.13 bits per heavy atom. The lowest BCUT2D eigenvalue weighted by Crippen LogP contribution is -2.60. The summed E-state index contributed by atoms with van der Waals surface area (Å²) in [4.78, 5) is 13.1. The van der Waals surface area contributed by atoms with Gasteiger partial charge in [-0.25, -0.2) is 0 Å². The van der Waals surface area contributed by atoms with E-state index in [0.717, 1.165) is 38.5 Å². The van der Waals surface area contributed by atoms with Crippen LogP contribution in [0.25, 0.3) is 0 Å². The monoisotopic (exact) mass is 980 g/mol. The number of amides is 1. The third-order valence-electron chi connectivity index (χ3n) is 14.9. The zero-order valence-corrected chi connectivity index (χ0v) is 45.6. The van der Waals surface area contributed by atoms with E-state index in [-0.39, 0.29) is 12.5 Å². The predicted octanol–water partition coefficient (Wildman–Crippen LogP) is 15.2. The number of carbonyl (C=O) groups is 1. The second-order valence-corrected chi connectivity index (χ2v) is 21.5. The summed E-state index contributed by atoms with van der Waals surface area (Å²) in [5.74, 6) is -0.169. The van der Waals surface area contributed by atoms with Crippen molar-refractivity contribution < 1.29 is 39.8 Å². The minimum Gasteiger partial charge on any atom is -0.394 e. The van der Waals surface area contributed by atoms with Crippen LogP contribution in [-0.4, -0.2) is 87.5 Å². The molecule has 0 spiro atoms. The van der Waals surface area contributed by atoms with Crippen molar-refractivity contribution in [1.29, 1.82) is 0 Å². The van der Waals surface area contributed by atoms with Gasteiger partial charge in [-0.15, -0.1) is 0 Å². The molecule has 1 saturated heterocycles. The second-order valence-electron chi connectivity index (χ2n) is 21.5. The van der Waals surface area contributed by atoms with Gasteiger partial charge in [0.2, 0.25) is 5.91 Å². The first-order chi connectivity index (χ1) is 33.8. The zero-order chi connectivity index (χ0) is 50.1. The second kappa shape index (κ2) is 50.5. The maximum absolute atomic E-state index is 13.1. The molecule has 0 aliphatic carbocycles. The lowest BCUT2D eigenvalue weighted by molar-refractivity contribution is -0.302. The lowest BCUT2D eigenvalue weighted by atomic mass is 9.99. The van der Waals surface area contributed by atoms with Crippen LogP contribution in [0.3, 0.4) is 0 Å². The summed E-state index contributed by atoms with van der Waals surface area (Å²) >= 11 is 0. The fraction of sp³-hybridized carbons (Fsp3) is 0.950. The number of ether oxygens (including phenoxy) is 2. The fourth-order valence-corrected chi connectivity index (χ4v) is 10.0. The van der Waals surface area contributed by atoms with Crippen molar-refractivity contribution in [1.82, 2.24) is 5.32 Å². The standard InChI is InChI=1S/C60H117NO8/c1-3-5-7-9-11-13-15-17-19-21-23-25-27-28-29-31-33-35-37-39-41-43-45-47-49-54(63)53(52-68-60-59(67)58(66)57(65)55(51-62)69-60)61-56(64)50-48-46-44-42-40-38-36-34-32-30-26-24-22-20-18-16-14-12-10-8-6-4-2/h47,49,53-55,57-60,62-63,65-67H,3-46,48,50-52H2,1-2H3,(H,61,64)/b49-47+. The Balaban J connectivity index is 2.20. The van der Waals surface area contributed by atoms with Crippen LogP contribution in [0.4, 0.5) is 0 Å². The minimum absolute atomic E-state index is 0.169. The van der Waals surface area contributed by atoms with Crippen LogP contribution in [0.5, 0.6) is 0 Å². The van der Waals surface area contributed by atoms with E-state index < -0.39 is 49.5 Å². The van der Waals surface area contributed by atoms with Crippen LogP contribution in [0, 0.1) is 0 Å². The molecule has 9 nitrogen and oxygen atoms in total. The molecule has 0 bridgehead atoms. The highest BCUT2D eigenvalue weighted by Crippen LogP contribution is 2.23. The highest BCUT2D eigenvalue weighted by Gasteiger charge is 2.44. The first-order valence-corrected chi connectivity index (χ1v) is 30.4. The molecule has 0 radical (unpaired) electrons. The molecule has 0 aromatic carbocycles. The number of hydrogen-bond acceptors (Lipinski definition) is 8. The maximum atomic E-state index is 13.1. The Bertz CT molecular complexity index is 1090. The number of hydrogen-bond donors (Lipinski definition) is 6. The normalized spacial score (nSPS) is 19.4. The summed E-state index contributed by atoms with van der Waals surface area (Å²) in [7, 11) is 0. The van der Waals surface area contributed by atoms with Crippen molar-refractivity contribution in [2.45, 2.75) is 352 Å². The van der Waals surface area contributed by atoms with E-state index in [2.05, 4.69) is 19.2 Å². The van der Waals surface area contributed by atoms with Crippen molar-refractivity contribution in [2.75, 3.05) is 13.2 Å². The van der Waals surface area contributed by atoms with Crippen molar-refractivity contribution in [3.8, 4) is 0 Å². The Hall–Kier alpha value is -1.07. The van der Waals surface area contributed by atoms with Gasteiger partial charge >= 0.3 is 0 Å². The smallest absolute Gasteiger partial charge is 0.220 e. The number of carbonyl (C=O) groups excluding carboxylic acids is 1. The summed E-state index contributed by atoms with van der Waals surface area (Å²) in [6.07, 6.45) is 55.7. The average Bonchev–Trinajstić information content (AvgIpc) is 3.35. The first-order valence-electron chi connectivity index (χ1n) is 30.4. The summed E-state index contributed by atoms with van der Waals surface area (Å²) in [5, 5.41) is 54.6. The highest BCUT2D eigenvalue weighted by atomic mass is 16.7. The Morgan fingerprint density at radius 1 is 0.478 bits per heavy atom. The first kappa shape index (κ1) is 65.9. The Morgan fingerprint density at radius 2 is 0.797 bits per heavy atom. The number of rotatable bonds is 53. The summed E-state index contributed by atoms with van der Waals surface area (Å²) in [5.41, 5.74) is 0. The SMILES string of the molecule is CCCCCCCCCCCCCCCCCCCCCCCC/C=C/C(O)C(COC1OC(CO)C(O)C(O)C1O)NC(=O)CCCCCCCCCCCCCCCCCCCCCCCC. The number of unbranched alkanes of at least 4 members (excludes halogenated alkanes) is 43. The largest absolute Gasteiger partial charge is 0.394 e. The van der Waals surface area contributed by atoms with Gasteiger partial charge in [0.25, 0.3) is 0 Å². The molecule has 6 N–H and O–H groups in total. The van der Waals surface area contributed by atoms with Gasteiger partial charge < -0.3 is 40.3 Å². The van der Waals surface area contributed by atoms with Crippen LogP contribution >= 0.6 is 0 Å². The molecule has 7 unspecified atom stereocenters. The molecule has 69 heavy (non-hydrogen) atoms. The average molecular weight is 981 g/mol. The molecule has 1 rings (SSSR count). The van der Waals surface area contributed by atoms with Gasteiger partial charge in [-0.1, -0.05) is 296 Å². The summed E-state index contributed by atoms with van der Waals surface area (Å²) in [6.45, 7) is 3.83. The zero-order valence-electron chi connectivity index (χ0n) is 45.6. The van der Waals surface area contributed by atoms with Gasteiger partial charge in [0.1, 0.15) is 24.4 Å². The van der Waals surface area contributed by atoms with Crippen molar-refractivity contribution in [3.05, 3.63) is 12.2 Å². The number of aliphatic hydroxyl groups is 5. The summed E-state index contributed by atoms with van der Waals surface area (Å²) < 4.78 is 11.3. The molecular weight excluding hydrogens is 863 g/mol. The Kier molecular flexibility index (Phi) is 48.2. The molecule has 1 aliphatic heterocycles. The van der Waals surface area contributed by atoms with Crippen molar-refractivity contribution in [2.24, 2.45) is 0 Å². The topological polar surface area (TPSA) is 149 Å². The Labute approximate surface area is 426 Å².